The van der Waals surface area contributed by atoms with Crippen molar-refractivity contribution < 1.29 is 14.3 Å². The van der Waals surface area contributed by atoms with E-state index in [-0.39, 0.29) is 12.3 Å². The third-order valence-corrected chi connectivity index (χ3v) is 4.19. The van der Waals surface area contributed by atoms with E-state index in [1.165, 1.54) is 0 Å². The maximum Gasteiger partial charge on any atom is 0.227 e. The standard InChI is InChI=1S/C19H21ClN2O3/c20-15-5-7-16(8-6-15)25-12-9-19(23)21-17-3-1-2-4-18(17)22-10-13-24-14-11-22/h1-8H,9-14H2,(H,21,23). The van der Waals surface area contributed by atoms with Crippen LogP contribution in [0.4, 0.5) is 11.4 Å². The van der Waals surface area contributed by atoms with Gasteiger partial charge in [-0.1, -0.05) is 23.7 Å². The summed E-state index contributed by atoms with van der Waals surface area (Å²) in [4.78, 5) is 14.5. The first-order valence-corrected chi connectivity index (χ1v) is 8.70. The van der Waals surface area contributed by atoms with Gasteiger partial charge in [0.15, 0.2) is 0 Å². The molecule has 0 aliphatic carbocycles. The van der Waals surface area contributed by atoms with E-state index in [4.69, 9.17) is 21.1 Å². The molecular weight excluding hydrogens is 340 g/mol. The Kier molecular flexibility index (Phi) is 6.14. The minimum absolute atomic E-state index is 0.0744. The highest BCUT2D eigenvalue weighted by molar-refractivity contribution is 6.30. The molecule has 1 heterocycles. The molecule has 2 aromatic rings. The molecule has 0 saturated carbocycles. The quantitative estimate of drug-likeness (QED) is 0.855. The Morgan fingerprint density at radius 3 is 2.60 bits per heavy atom. The lowest BCUT2D eigenvalue weighted by atomic mass is 10.2. The molecule has 1 fully saturated rings. The normalized spacial score (nSPS) is 14.2. The van der Waals surface area contributed by atoms with Crippen LogP contribution in [0.1, 0.15) is 6.42 Å². The fourth-order valence-corrected chi connectivity index (χ4v) is 2.79. The second-order valence-corrected chi connectivity index (χ2v) is 6.15. The van der Waals surface area contributed by atoms with Crippen LogP contribution in [0.5, 0.6) is 5.75 Å². The fourth-order valence-electron chi connectivity index (χ4n) is 2.66. The summed E-state index contributed by atoms with van der Waals surface area (Å²) in [7, 11) is 0. The highest BCUT2D eigenvalue weighted by atomic mass is 35.5. The van der Waals surface area contributed by atoms with Crippen LogP contribution in [0.25, 0.3) is 0 Å². The van der Waals surface area contributed by atoms with Crippen molar-refractivity contribution in [2.24, 2.45) is 0 Å². The number of morpholine rings is 1. The number of benzene rings is 2. The van der Waals surface area contributed by atoms with Crippen LogP contribution < -0.4 is 15.0 Å². The van der Waals surface area contributed by atoms with E-state index >= 15 is 0 Å². The molecular formula is C19H21ClN2O3. The van der Waals surface area contributed by atoms with Crippen molar-refractivity contribution in [3.8, 4) is 5.75 Å². The van der Waals surface area contributed by atoms with Crippen molar-refractivity contribution in [2.45, 2.75) is 6.42 Å². The Morgan fingerprint density at radius 2 is 1.84 bits per heavy atom. The van der Waals surface area contributed by atoms with Gasteiger partial charge in [-0.3, -0.25) is 4.79 Å². The molecule has 1 aliphatic heterocycles. The maximum absolute atomic E-state index is 12.2. The molecule has 1 N–H and O–H groups in total. The lowest BCUT2D eigenvalue weighted by Gasteiger charge is -2.30. The van der Waals surface area contributed by atoms with Gasteiger partial charge in [0, 0.05) is 18.1 Å². The number of hydrogen-bond donors (Lipinski definition) is 1. The van der Waals surface area contributed by atoms with E-state index in [1.54, 1.807) is 24.3 Å². The second kappa shape index (κ2) is 8.74. The number of ether oxygens (including phenoxy) is 2. The Hall–Kier alpha value is -2.24. The molecule has 6 heteroatoms. The summed E-state index contributed by atoms with van der Waals surface area (Å²) in [6.07, 6.45) is 0.278. The van der Waals surface area contributed by atoms with Crippen molar-refractivity contribution in [1.82, 2.24) is 0 Å². The Balaban J connectivity index is 1.53. The lowest BCUT2D eigenvalue weighted by molar-refractivity contribution is -0.116. The Labute approximate surface area is 152 Å². The molecule has 0 radical (unpaired) electrons. The van der Waals surface area contributed by atoms with Crippen LogP contribution in [0.3, 0.4) is 0 Å². The van der Waals surface area contributed by atoms with Crippen LogP contribution in [-0.4, -0.2) is 38.8 Å². The number of rotatable bonds is 6. The van der Waals surface area contributed by atoms with Gasteiger partial charge in [0.2, 0.25) is 5.91 Å². The van der Waals surface area contributed by atoms with E-state index in [1.807, 2.05) is 24.3 Å². The third-order valence-electron chi connectivity index (χ3n) is 3.94. The molecule has 1 aliphatic rings. The molecule has 1 saturated heterocycles. The van der Waals surface area contributed by atoms with Crippen molar-refractivity contribution in [3.05, 3.63) is 53.6 Å². The van der Waals surface area contributed by atoms with Crippen molar-refractivity contribution in [2.75, 3.05) is 43.1 Å². The highest BCUT2D eigenvalue weighted by Gasteiger charge is 2.15. The average molecular weight is 361 g/mol. The van der Waals surface area contributed by atoms with Crippen LogP contribution in [0.2, 0.25) is 5.02 Å². The van der Waals surface area contributed by atoms with Gasteiger partial charge < -0.3 is 19.7 Å². The summed E-state index contributed by atoms with van der Waals surface area (Å²) in [6, 6.07) is 14.9. The van der Waals surface area contributed by atoms with Gasteiger partial charge in [0.25, 0.3) is 0 Å². The smallest absolute Gasteiger partial charge is 0.227 e. The summed E-state index contributed by atoms with van der Waals surface area (Å²) in [5.74, 6) is 0.626. The first-order valence-electron chi connectivity index (χ1n) is 8.32. The average Bonchev–Trinajstić information content (AvgIpc) is 2.64. The predicted octanol–water partition coefficient (Wildman–Crippen LogP) is 3.58. The summed E-state index contributed by atoms with van der Waals surface area (Å²) in [5, 5.41) is 3.64. The monoisotopic (exact) mass is 360 g/mol. The van der Waals surface area contributed by atoms with Gasteiger partial charge in [-0.2, -0.15) is 0 Å². The summed E-state index contributed by atoms with van der Waals surface area (Å²) in [6.45, 7) is 3.38. The van der Waals surface area contributed by atoms with Gasteiger partial charge in [-0.15, -0.1) is 0 Å². The minimum atomic E-state index is -0.0744. The molecule has 2 aromatic carbocycles. The zero-order chi connectivity index (χ0) is 17.5. The van der Waals surface area contributed by atoms with Crippen LogP contribution in [0, 0.1) is 0 Å². The molecule has 25 heavy (non-hydrogen) atoms. The summed E-state index contributed by atoms with van der Waals surface area (Å²) < 4.78 is 11.0. The first-order chi connectivity index (χ1) is 12.2. The van der Waals surface area contributed by atoms with Crippen molar-refractivity contribution >= 4 is 28.9 Å². The number of nitrogens with zero attached hydrogens (tertiary/aromatic N) is 1. The number of carbonyl (C=O) groups excluding carboxylic acids is 1. The maximum atomic E-state index is 12.2. The molecule has 0 spiro atoms. The number of anilines is 2. The largest absolute Gasteiger partial charge is 0.493 e. The Morgan fingerprint density at radius 1 is 1.12 bits per heavy atom. The molecule has 0 unspecified atom stereocenters. The second-order valence-electron chi connectivity index (χ2n) is 5.72. The number of amides is 1. The SMILES string of the molecule is O=C(CCOc1ccc(Cl)cc1)Nc1ccccc1N1CCOCC1. The number of carbonyl (C=O) groups is 1. The number of halogens is 1. The summed E-state index contributed by atoms with van der Waals surface area (Å²) in [5.41, 5.74) is 1.85. The van der Waals surface area contributed by atoms with E-state index in [2.05, 4.69) is 10.2 Å². The third kappa shape index (κ3) is 5.11. The van der Waals surface area contributed by atoms with Crippen LogP contribution in [0.15, 0.2) is 48.5 Å². The molecule has 3 rings (SSSR count). The molecule has 5 nitrogen and oxygen atoms in total. The van der Waals surface area contributed by atoms with Crippen LogP contribution in [-0.2, 0) is 9.53 Å². The number of nitrogens with one attached hydrogen (secondary N) is 1. The van der Waals surface area contributed by atoms with E-state index in [0.29, 0.717) is 30.6 Å². The predicted molar refractivity (Wildman–Crippen MR) is 99.7 cm³/mol. The van der Waals surface area contributed by atoms with Gasteiger partial charge in [0.1, 0.15) is 5.75 Å². The van der Waals surface area contributed by atoms with Crippen molar-refractivity contribution in [1.29, 1.82) is 0 Å². The topological polar surface area (TPSA) is 50.8 Å². The van der Waals surface area contributed by atoms with E-state index in [0.717, 1.165) is 24.5 Å². The minimum Gasteiger partial charge on any atom is -0.493 e. The first kappa shape index (κ1) is 17.6. The Bertz CT molecular complexity index is 700. The van der Waals surface area contributed by atoms with Gasteiger partial charge >= 0.3 is 0 Å². The fraction of sp³-hybridized carbons (Fsp3) is 0.316. The molecule has 0 bridgehead atoms. The van der Waals surface area contributed by atoms with E-state index < -0.39 is 0 Å². The molecule has 1 amide bonds. The summed E-state index contributed by atoms with van der Waals surface area (Å²) >= 11 is 5.83. The molecule has 132 valence electrons. The van der Waals surface area contributed by atoms with Crippen molar-refractivity contribution in [3.63, 3.8) is 0 Å². The lowest BCUT2D eigenvalue weighted by Crippen LogP contribution is -2.36. The zero-order valence-electron chi connectivity index (χ0n) is 13.9. The zero-order valence-corrected chi connectivity index (χ0v) is 14.7. The molecule has 0 atom stereocenters. The van der Waals surface area contributed by atoms with Crippen LogP contribution >= 0.6 is 11.6 Å². The van der Waals surface area contributed by atoms with E-state index in [9.17, 15) is 4.79 Å². The van der Waals surface area contributed by atoms with Gasteiger partial charge in [-0.05, 0) is 36.4 Å². The number of para-hydroxylation sites is 2. The molecule has 0 aromatic heterocycles. The highest BCUT2D eigenvalue weighted by Crippen LogP contribution is 2.26. The number of hydrogen-bond acceptors (Lipinski definition) is 4. The van der Waals surface area contributed by atoms with Gasteiger partial charge in [0.05, 0.1) is 37.6 Å². The van der Waals surface area contributed by atoms with Gasteiger partial charge in [-0.25, -0.2) is 0 Å².